The van der Waals surface area contributed by atoms with Crippen LogP contribution < -0.4 is 10.6 Å². The summed E-state index contributed by atoms with van der Waals surface area (Å²) >= 11 is 0. The molecular weight excluding hydrogens is 324 g/mol. The Balaban J connectivity index is 1.94. The molecule has 0 bridgehead atoms. The van der Waals surface area contributed by atoms with Crippen molar-refractivity contribution in [1.82, 2.24) is 10.6 Å². The fourth-order valence-corrected chi connectivity index (χ4v) is 2.49. The number of aliphatic carboxylic acids is 1. The van der Waals surface area contributed by atoms with Gasteiger partial charge in [-0.2, -0.15) is 0 Å². The van der Waals surface area contributed by atoms with Crippen LogP contribution in [0.1, 0.15) is 23.2 Å². The van der Waals surface area contributed by atoms with Gasteiger partial charge in [0.2, 0.25) is 0 Å². The fourth-order valence-electron chi connectivity index (χ4n) is 2.49. The summed E-state index contributed by atoms with van der Waals surface area (Å²) in [6.45, 7) is 0.526. The molecule has 5 N–H and O–H groups in total. The lowest BCUT2D eigenvalue weighted by Crippen LogP contribution is -2.35. The van der Waals surface area contributed by atoms with Crippen molar-refractivity contribution in [3.63, 3.8) is 0 Å². The largest absolute Gasteiger partial charge is 0.508 e. The highest BCUT2D eigenvalue weighted by molar-refractivity contribution is 5.76. The van der Waals surface area contributed by atoms with Crippen LogP contribution in [0, 0.1) is 0 Å². The highest BCUT2D eigenvalue weighted by Gasteiger charge is 2.22. The van der Waals surface area contributed by atoms with Crippen molar-refractivity contribution in [3.05, 3.63) is 59.7 Å². The molecule has 0 saturated heterocycles. The van der Waals surface area contributed by atoms with Crippen LogP contribution in [0.3, 0.4) is 0 Å². The van der Waals surface area contributed by atoms with E-state index in [9.17, 15) is 24.9 Å². The van der Waals surface area contributed by atoms with Crippen LogP contribution in [0.25, 0.3) is 0 Å². The van der Waals surface area contributed by atoms with E-state index in [1.54, 1.807) is 30.3 Å². The standard InChI is InChI=1S/C18H20N2O5/c21-11-14(12-5-1-3-7-15(12)22)19-9-10-20-17(18(24)25)13-6-2-4-8-16(13)23/h1-8,11,14,17,19-20,22-23H,9-10H2,(H,24,25). The predicted molar refractivity (Wildman–Crippen MR) is 91.4 cm³/mol. The van der Waals surface area contributed by atoms with Crippen molar-refractivity contribution in [3.8, 4) is 11.5 Å². The predicted octanol–water partition coefficient (Wildman–Crippen LogP) is 1.34. The van der Waals surface area contributed by atoms with E-state index in [2.05, 4.69) is 10.6 Å². The Morgan fingerprint density at radius 3 is 1.96 bits per heavy atom. The summed E-state index contributed by atoms with van der Waals surface area (Å²) in [7, 11) is 0. The Morgan fingerprint density at radius 2 is 1.44 bits per heavy atom. The number of aldehydes is 1. The van der Waals surface area contributed by atoms with Gasteiger partial charge < -0.3 is 25.4 Å². The van der Waals surface area contributed by atoms with Crippen molar-refractivity contribution in [2.24, 2.45) is 0 Å². The summed E-state index contributed by atoms with van der Waals surface area (Å²) in [5, 5.41) is 34.7. The number of para-hydroxylation sites is 2. The molecule has 0 saturated carbocycles. The molecular formula is C18H20N2O5. The molecule has 7 nitrogen and oxygen atoms in total. The lowest BCUT2D eigenvalue weighted by Gasteiger charge is -2.18. The number of benzene rings is 2. The van der Waals surface area contributed by atoms with Gasteiger partial charge in [0, 0.05) is 24.2 Å². The first-order valence-electron chi connectivity index (χ1n) is 7.75. The molecule has 0 amide bonds. The fraction of sp³-hybridized carbons (Fsp3) is 0.222. The number of nitrogens with one attached hydrogen (secondary N) is 2. The van der Waals surface area contributed by atoms with Crippen LogP contribution in [0.15, 0.2) is 48.5 Å². The van der Waals surface area contributed by atoms with Crippen LogP contribution in [-0.4, -0.2) is 40.7 Å². The monoisotopic (exact) mass is 344 g/mol. The van der Waals surface area contributed by atoms with Crippen LogP contribution in [-0.2, 0) is 9.59 Å². The number of phenolic OH excluding ortho intramolecular Hbond substituents is 2. The number of carboxylic acid groups (broad SMARTS) is 1. The molecule has 7 heteroatoms. The zero-order chi connectivity index (χ0) is 18.2. The third kappa shape index (κ3) is 4.79. The molecule has 0 radical (unpaired) electrons. The first-order valence-corrected chi connectivity index (χ1v) is 7.75. The van der Waals surface area contributed by atoms with E-state index < -0.39 is 18.1 Å². The van der Waals surface area contributed by atoms with Crippen LogP contribution >= 0.6 is 0 Å². The van der Waals surface area contributed by atoms with Gasteiger partial charge in [-0.25, -0.2) is 0 Å². The molecule has 0 aromatic heterocycles. The first-order chi connectivity index (χ1) is 12.0. The lowest BCUT2D eigenvalue weighted by molar-refractivity contribution is -0.139. The second-order valence-corrected chi connectivity index (χ2v) is 5.41. The van der Waals surface area contributed by atoms with E-state index in [4.69, 9.17) is 0 Å². The molecule has 0 fully saturated rings. The molecule has 0 aliphatic heterocycles. The van der Waals surface area contributed by atoms with Crippen LogP contribution in [0.4, 0.5) is 0 Å². The minimum Gasteiger partial charge on any atom is -0.508 e. The van der Waals surface area contributed by atoms with Crippen molar-refractivity contribution in [2.45, 2.75) is 12.1 Å². The van der Waals surface area contributed by atoms with Gasteiger partial charge in [-0.15, -0.1) is 0 Å². The Kier molecular flexibility index (Phi) is 6.50. The minimum atomic E-state index is -1.12. The Bertz CT molecular complexity index is 735. The molecule has 0 heterocycles. The van der Waals surface area contributed by atoms with Gasteiger partial charge in [0.05, 0.1) is 6.04 Å². The van der Waals surface area contributed by atoms with E-state index in [-0.39, 0.29) is 30.2 Å². The van der Waals surface area contributed by atoms with Crippen molar-refractivity contribution >= 4 is 12.3 Å². The van der Waals surface area contributed by atoms with Gasteiger partial charge in [-0.1, -0.05) is 36.4 Å². The van der Waals surface area contributed by atoms with Crippen molar-refractivity contribution in [2.75, 3.05) is 13.1 Å². The second-order valence-electron chi connectivity index (χ2n) is 5.41. The number of hydrogen-bond donors (Lipinski definition) is 5. The average Bonchev–Trinajstić information content (AvgIpc) is 2.60. The summed E-state index contributed by atoms with van der Waals surface area (Å²) in [6, 6.07) is 10.9. The summed E-state index contributed by atoms with van der Waals surface area (Å²) in [6.07, 6.45) is 0.673. The van der Waals surface area contributed by atoms with E-state index in [0.717, 1.165) is 0 Å². The van der Waals surface area contributed by atoms with Crippen molar-refractivity contribution in [1.29, 1.82) is 0 Å². The Hall–Kier alpha value is -2.90. The van der Waals surface area contributed by atoms with E-state index >= 15 is 0 Å². The summed E-state index contributed by atoms with van der Waals surface area (Å²) in [5.41, 5.74) is 0.718. The zero-order valence-electron chi connectivity index (χ0n) is 13.4. The summed E-state index contributed by atoms with van der Waals surface area (Å²) in [5.74, 6) is -1.21. The minimum absolute atomic E-state index is 0.0117. The molecule has 25 heavy (non-hydrogen) atoms. The number of carbonyl (C=O) groups is 2. The molecule has 0 aliphatic carbocycles. The highest BCUT2D eigenvalue weighted by Crippen LogP contribution is 2.24. The number of hydrogen-bond acceptors (Lipinski definition) is 6. The number of carboxylic acids is 1. The van der Waals surface area contributed by atoms with Gasteiger partial charge in [-0.3, -0.25) is 10.1 Å². The maximum Gasteiger partial charge on any atom is 0.325 e. The number of phenols is 2. The second kappa shape index (κ2) is 8.81. The first kappa shape index (κ1) is 18.4. The van der Waals surface area contributed by atoms with Crippen molar-refractivity contribution < 1.29 is 24.9 Å². The number of carbonyl (C=O) groups excluding carboxylic acids is 1. The molecule has 2 aromatic rings. The van der Waals surface area contributed by atoms with E-state index in [1.165, 1.54) is 18.2 Å². The summed E-state index contributed by atoms with van der Waals surface area (Å²) < 4.78 is 0. The smallest absolute Gasteiger partial charge is 0.325 e. The van der Waals surface area contributed by atoms with Crippen LogP contribution in [0.5, 0.6) is 11.5 Å². The Morgan fingerprint density at radius 1 is 0.920 bits per heavy atom. The molecule has 132 valence electrons. The number of aromatic hydroxyl groups is 2. The topological polar surface area (TPSA) is 119 Å². The molecule has 0 aliphatic rings. The van der Waals surface area contributed by atoms with Gasteiger partial charge >= 0.3 is 5.97 Å². The molecule has 2 atom stereocenters. The quantitative estimate of drug-likeness (QED) is 0.344. The molecule has 2 aromatic carbocycles. The van der Waals surface area contributed by atoms with Gasteiger partial charge in [0.25, 0.3) is 0 Å². The third-order valence-electron chi connectivity index (χ3n) is 3.74. The highest BCUT2D eigenvalue weighted by atomic mass is 16.4. The zero-order valence-corrected chi connectivity index (χ0v) is 13.4. The lowest BCUT2D eigenvalue weighted by atomic mass is 10.1. The maximum atomic E-state index is 11.4. The third-order valence-corrected chi connectivity index (χ3v) is 3.74. The van der Waals surface area contributed by atoms with E-state index in [1.807, 2.05) is 0 Å². The number of rotatable bonds is 9. The molecule has 0 spiro atoms. The SMILES string of the molecule is O=CC(NCCNC(C(=O)O)c1ccccc1O)c1ccccc1O. The van der Waals surface area contributed by atoms with Gasteiger partial charge in [-0.05, 0) is 12.1 Å². The summed E-state index contributed by atoms with van der Waals surface area (Å²) in [4.78, 5) is 22.7. The van der Waals surface area contributed by atoms with Gasteiger partial charge in [0.1, 0.15) is 23.8 Å². The maximum absolute atomic E-state index is 11.4. The average molecular weight is 344 g/mol. The Labute approximate surface area is 144 Å². The van der Waals surface area contributed by atoms with Crippen LogP contribution in [0.2, 0.25) is 0 Å². The van der Waals surface area contributed by atoms with E-state index in [0.29, 0.717) is 11.8 Å². The van der Waals surface area contributed by atoms with Gasteiger partial charge in [0.15, 0.2) is 0 Å². The molecule has 2 rings (SSSR count). The normalized spacial score (nSPS) is 13.1. The molecule has 2 unspecified atom stereocenters.